The minimum Gasteiger partial charge on any atom is -0.350 e. The fraction of sp³-hybridized carbons (Fsp3) is 0.389. The summed E-state index contributed by atoms with van der Waals surface area (Å²) in [6.45, 7) is 4.22. The molecule has 1 aromatic heterocycles. The summed E-state index contributed by atoms with van der Waals surface area (Å²) in [5.41, 5.74) is 1.49. The Labute approximate surface area is 152 Å². The molecule has 2 aromatic rings. The molecule has 1 aromatic carbocycles. The van der Waals surface area contributed by atoms with Crippen LogP contribution in [0.4, 0.5) is 5.95 Å². The molecule has 7 heteroatoms. The summed E-state index contributed by atoms with van der Waals surface area (Å²) in [5.74, 6) is 0.440. The molecule has 0 atom stereocenters. The first kappa shape index (κ1) is 17.6. The van der Waals surface area contributed by atoms with Gasteiger partial charge in [-0.15, -0.1) is 0 Å². The summed E-state index contributed by atoms with van der Waals surface area (Å²) >= 11 is 5.97. The zero-order valence-corrected chi connectivity index (χ0v) is 15.0. The van der Waals surface area contributed by atoms with Crippen LogP contribution in [0.25, 0.3) is 0 Å². The lowest BCUT2D eigenvalue weighted by atomic mass is 10.1. The Balaban J connectivity index is 1.56. The van der Waals surface area contributed by atoms with E-state index in [1.807, 2.05) is 24.3 Å². The summed E-state index contributed by atoms with van der Waals surface area (Å²) in [6, 6.07) is 9.29. The molecule has 3 rings (SSSR count). The van der Waals surface area contributed by atoms with Crippen molar-refractivity contribution in [2.45, 2.75) is 6.42 Å². The Morgan fingerprint density at radius 3 is 2.80 bits per heavy atom. The van der Waals surface area contributed by atoms with Gasteiger partial charge in [-0.05, 0) is 37.2 Å². The molecule has 25 heavy (non-hydrogen) atoms. The number of carbonyl (C=O) groups is 1. The van der Waals surface area contributed by atoms with E-state index in [-0.39, 0.29) is 5.91 Å². The van der Waals surface area contributed by atoms with Crippen molar-refractivity contribution in [3.63, 3.8) is 0 Å². The molecule has 6 nitrogen and oxygen atoms in total. The van der Waals surface area contributed by atoms with Gasteiger partial charge in [0.2, 0.25) is 5.95 Å². The zero-order valence-electron chi connectivity index (χ0n) is 14.3. The topological polar surface area (TPSA) is 61.4 Å². The molecule has 132 valence electrons. The van der Waals surface area contributed by atoms with Gasteiger partial charge >= 0.3 is 0 Å². The molecule has 0 aliphatic carbocycles. The van der Waals surface area contributed by atoms with Gasteiger partial charge in [-0.25, -0.2) is 9.97 Å². The number of anilines is 1. The highest BCUT2D eigenvalue weighted by Gasteiger charge is 2.17. The van der Waals surface area contributed by atoms with Crippen molar-refractivity contribution in [2.75, 3.05) is 44.7 Å². The Bertz CT molecular complexity index is 731. The van der Waals surface area contributed by atoms with Crippen LogP contribution in [0.5, 0.6) is 0 Å². The van der Waals surface area contributed by atoms with Crippen molar-refractivity contribution in [1.29, 1.82) is 0 Å². The molecule has 2 heterocycles. The van der Waals surface area contributed by atoms with Gasteiger partial charge < -0.3 is 15.1 Å². The van der Waals surface area contributed by atoms with Crippen LogP contribution in [-0.2, 0) is 6.42 Å². The highest BCUT2D eigenvalue weighted by molar-refractivity contribution is 6.30. The number of rotatable bonds is 5. The molecular formula is C18H22ClN5O. The molecule has 1 saturated heterocycles. The third-order valence-electron chi connectivity index (χ3n) is 4.25. The van der Waals surface area contributed by atoms with Crippen molar-refractivity contribution in [3.8, 4) is 0 Å². The van der Waals surface area contributed by atoms with Gasteiger partial charge in [-0.2, -0.15) is 0 Å². The highest BCUT2D eigenvalue weighted by atomic mass is 35.5. The van der Waals surface area contributed by atoms with Crippen LogP contribution in [0.3, 0.4) is 0 Å². The van der Waals surface area contributed by atoms with Crippen LogP contribution in [-0.4, -0.2) is 60.5 Å². The number of carbonyl (C=O) groups excluding carboxylic acids is 1. The maximum Gasteiger partial charge on any atom is 0.270 e. The average molecular weight is 360 g/mol. The largest absolute Gasteiger partial charge is 0.350 e. The van der Waals surface area contributed by atoms with Gasteiger partial charge in [0.15, 0.2) is 0 Å². The number of nitrogens with one attached hydrogen (secondary N) is 1. The first-order valence-electron chi connectivity index (χ1n) is 8.41. The van der Waals surface area contributed by atoms with E-state index >= 15 is 0 Å². The Morgan fingerprint density at radius 1 is 1.24 bits per heavy atom. The lowest BCUT2D eigenvalue weighted by Gasteiger charge is -2.32. The fourth-order valence-electron chi connectivity index (χ4n) is 2.74. The van der Waals surface area contributed by atoms with E-state index in [1.165, 1.54) is 0 Å². The quantitative estimate of drug-likeness (QED) is 0.882. The number of hydrogen-bond acceptors (Lipinski definition) is 5. The van der Waals surface area contributed by atoms with Gasteiger partial charge in [0.1, 0.15) is 5.69 Å². The molecule has 1 aliphatic rings. The van der Waals surface area contributed by atoms with E-state index in [1.54, 1.807) is 12.3 Å². The minimum absolute atomic E-state index is 0.181. The zero-order chi connectivity index (χ0) is 17.6. The lowest BCUT2D eigenvalue weighted by molar-refractivity contribution is 0.0949. The van der Waals surface area contributed by atoms with Crippen LogP contribution in [0, 0.1) is 0 Å². The average Bonchev–Trinajstić information content (AvgIpc) is 2.62. The monoisotopic (exact) mass is 359 g/mol. The summed E-state index contributed by atoms with van der Waals surface area (Å²) in [4.78, 5) is 25.4. The summed E-state index contributed by atoms with van der Waals surface area (Å²) in [6.07, 6.45) is 2.37. The molecule has 0 unspecified atom stereocenters. The first-order valence-corrected chi connectivity index (χ1v) is 8.79. The molecular weight excluding hydrogens is 338 g/mol. The second kappa shape index (κ2) is 8.27. The van der Waals surface area contributed by atoms with Gasteiger partial charge in [-0.3, -0.25) is 4.79 Å². The number of amides is 1. The van der Waals surface area contributed by atoms with Crippen LogP contribution < -0.4 is 10.2 Å². The molecule has 1 fully saturated rings. The van der Waals surface area contributed by atoms with Crippen LogP contribution in [0.1, 0.15) is 16.1 Å². The van der Waals surface area contributed by atoms with Gasteiger partial charge in [-0.1, -0.05) is 23.7 Å². The Kier molecular flexibility index (Phi) is 5.83. The Morgan fingerprint density at radius 2 is 2.04 bits per heavy atom. The SMILES string of the molecule is CN1CCN(c2nccc(C(=O)NCCc3cccc(Cl)c3)n2)CC1. The van der Waals surface area contributed by atoms with Crippen LogP contribution in [0.15, 0.2) is 36.5 Å². The molecule has 0 saturated carbocycles. The van der Waals surface area contributed by atoms with E-state index in [0.717, 1.165) is 38.2 Å². The second-order valence-corrected chi connectivity index (χ2v) is 6.60. The van der Waals surface area contributed by atoms with Crippen molar-refractivity contribution in [1.82, 2.24) is 20.2 Å². The number of likely N-dealkylation sites (N-methyl/N-ethyl adjacent to an activating group) is 1. The summed E-state index contributed by atoms with van der Waals surface area (Å²) in [5, 5.41) is 3.61. The van der Waals surface area contributed by atoms with E-state index in [4.69, 9.17) is 11.6 Å². The van der Waals surface area contributed by atoms with Crippen molar-refractivity contribution in [2.24, 2.45) is 0 Å². The van der Waals surface area contributed by atoms with Crippen molar-refractivity contribution in [3.05, 3.63) is 52.8 Å². The maximum atomic E-state index is 12.3. The number of halogens is 1. The van der Waals surface area contributed by atoms with Gasteiger partial charge in [0.25, 0.3) is 5.91 Å². The highest BCUT2D eigenvalue weighted by Crippen LogP contribution is 2.12. The van der Waals surface area contributed by atoms with Crippen LogP contribution in [0.2, 0.25) is 5.02 Å². The number of aromatic nitrogens is 2. The molecule has 1 N–H and O–H groups in total. The van der Waals surface area contributed by atoms with E-state index in [2.05, 4.69) is 32.1 Å². The summed E-state index contributed by atoms with van der Waals surface area (Å²) < 4.78 is 0. The molecule has 0 radical (unpaired) electrons. The van der Waals surface area contributed by atoms with Crippen molar-refractivity contribution < 1.29 is 4.79 Å². The fourth-order valence-corrected chi connectivity index (χ4v) is 2.95. The smallest absolute Gasteiger partial charge is 0.270 e. The van der Waals surface area contributed by atoms with E-state index in [9.17, 15) is 4.79 Å². The number of nitrogens with zero attached hydrogens (tertiary/aromatic N) is 4. The lowest BCUT2D eigenvalue weighted by Crippen LogP contribution is -2.45. The Hall–Kier alpha value is -2.18. The molecule has 1 amide bonds. The van der Waals surface area contributed by atoms with E-state index in [0.29, 0.717) is 23.2 Å². The number of hydrogen-bond donors (Lipinski definition) is 1. The van der Waals surface area contributed by atoms with Crippen molar-refractivity contribution >= 4 is 23.5 Å². The minimum atomic E-state index is -0.181. The van der Waals surface area contributed by atoms with E-state index < -0.39 is 0 Å². The third-order valence-corrected chi connectivity index (χ3v) is 4.48. The predicted octanol–water partition coefficient (Wildman–Crippen LogP) is 1.85. The predicted molar refractivity (Wildman–Crippen MR) is 99.2 cm³/mol. The maximum absolute atomic E-state index is 12.3. The second-order valence-electron chi connectivity index (χ2n) is 6.17. The molecule has 0 spiro atoms. The van der Waals surface area contributed by atoms with Gasteiger partial charge in [0, 0.05) is 43.9 Å². The standard InChI is InChI=1S/C18H22ClN5O/c1-23-9-11-24(12-10-23)18-21-8-6-16(22-18)17(25)20-7-5-14-3-2-4-15(19)13-14/h2-4,6,8,13H,5,7,9-12H2,1H3,(H,20,25). The number of piperazine rings is 1. The van der Waals surface area contributed by atoms with Gasteiger partial charge in [0.05, 0.1) is 0 Å². The normalized spacial score (nSPS) is 15.2. The summed E-state index contributed by atoms with van der Waals surface area (Å²) in [7, 11) is 2.10. The first-order chi connectivity index (χ1) is 12.1. The molecule has 0 bridgehead atoms. The third kappa shape index (κ3) is 4.90. The molecule has 1 aliphatic heterocycles. The van der Waals surface area contributed by atoms with Crippen LogP contribution >= 0.6 is 11.6 Å². The number of benzene rings is 1.